The number of hydrogen-bond acceptors (Lipinski definition) is 3. The Kier molecular flexibility index (Phi) is 4.70. The van der Waals surface area contributed by atoms with Crippen LogP contribution in [0.5, 0.6) is 0 Å². The molecule has 2 aromatic rings. The second-order valence-electron chi connectivity index (χ2n) is 4.42. The molecule has 0 aliphatic carbocycles. The molecule has 0 bridgehead atoms. The maximum absolute atomic E-state index is 12.8. The second-order valence-corrected chi connectivity index (χ2v) is 5.84. The highest BCUT2D eigenvalue weighted by Gasteiger charge is 2.33. The van der Waals surface area contributed by atoms with E-state index in [9.17, 15) is 22.2 Å². The van der Waals surface area contributed by atoms with Crippen molar-refractivity contribution in [3.63, 3.8) is 0 Å². The molecule has 0 saturated heterocycles. The molecule has 1 aromatic carbocycles. The van der Waals surface area contributed by atoms with Gasteiger partial charge in [0.1, 0.15) is 11.5 Å². The number of halogens is 3. The SMILES string of the molecule is Cc1occc1S(=O)CC(=O)Nc1ccccc1C(F)(F)F. The predicted molar refractivity (Wildman–Crippen MR) is 74.8 cm³/mol. The normalized spacial score (nSPS) is 12.9. The average molecular weight is 331 g/mol. The Morgan fingerprint density at radius 1 is 1.27 bits per heavy atom. The molecular weight excluding hydrogens is 319 g/mol. The zero-order chi connectivity index (χ0) is 16.3. The van der Waals surface area contributed by atoms with Gasteiger partial charge < -0.3 is 9.73 Å². The lowest BCUT2D eigenvalue weighted by Crippen LogP contribution is -2.21. The van der Waals surface area contributed by atoms with Crippen molar-refractivity contribution in [2.24, 2.45) is 0 Å². The molecule has 1 unspecified atom stereocenters. The van der Waals surface area contributed by atoms with Crippen LogP contribution in [-0.2, 0) is 21.8 Å². The van der Waals surface area contributed by atoms with Crippen LogP contribution in [0.4, 0.5) is 18.9 Å². The average Bonchev–Trinajstić information content (AvgIpc) is 2.84. The minimum Gasteiger partial charge on any atom is -0.468 e. The number of para-hydroxylation sites is 1. The molecule has 4 nitrogen and oxygen atoms in total. The molecule has 8 heteroatoms. The van der Waals surface area contributed by atoms with Gasteiger partial charge in [-0.1, -0.05) is 12.1 Å². The van der Waals surface area contributed by atoms with E-state index in [0.29, 0.717) is 10.7 Å². The number of alkyl halides is 3. The number of anilines is 1. The lowest BCUT2D eigenvalue weighted by molar-refractivity contribution is -0.137. The molecule has 0 fully saturated rings. The van der Waals surface area contributed by atoms with Crippen molar-refractivity contribution >= 4 is 22.4 Å². The van der Waals surface area contributed by atoms with Gasteiger partial charge in [0, 0.05) is 0 Å². The van der Waals surface area contributed by atoms with E-state index in [1.807, 2.05) is 0 Å². The number of amides is 1. The first-order chi connectivity index (χ1) is 10.3. The van der Waals surface area contributed by atoms with E-state index in [0.717, 1.165) is 12.1 Å². The quantitative estimate of drug-likeness (QED) is 0.935. The van der Waals surface area contributed by atoms with Gasteiger partial charge in [-0.3, -0.25) is 9.00 Å². The van der Waals surface area contributed by atoms with Crippen LogP contribution < -0.4 is 5.32 Å². The lowest BCUT2D eigenvalue weighted by atomic mass is 10.1. The van der Waals surface area contributed by atoms with Crippen molar-refractivity contribution in [1.82, 2.24) is 0 Å². The number of nitrogens with one attached hydrogen (secondary N) is 1. The number of carbonyl (C=O) groups excluding carboxylic acids is 1. The number of rotatable bonds is 4. The highest BCUT2D eigenvalue weighted by Crippen LogP contribution is 2.34. The van der Waals surface area contributed by atoms with Crippen molar-refractivity contribution in [2.75, 3.05) is 11.1 Å². The number of benzene rings is 1. The molecule has 2 rings (SSSR count). The van der Waals surface area contributed by atoms with Crippen LogP contribution in [0.2, 0.25) is 0 Å². The monoisotopic (exact) mass is 331 g/mol. The second kappa shape index (κ2) is 6.35. The van der Waals surface area contributed by atoms with Gasteiger partial charge in [0.25, 0.3) is 0 Å². The van der Waals surface area contributed by atoms with Crippen molar-refractivity contribution in [3.8, 4) is 0 Å². The van der Waals surface area contributed by atoms with Crippen LogP contribution in [0.3, 0.4) is 0 Å². The van der Waals surface area contributed by atoms with Crippen LogP contribution >= 0.6 is 0 Å². The number of furan rings is 1. The van der Waals surface area contributed by atoms with Crippen molar-refractivity contribution in [1.29, 1.82) is 0 Å². The topological polar surface area (TPSA) is 59.3 Å². The molecule has 1 heterocycles. The first kappa shape index (κ1) is 16.3. The molecular formula is C14H12F3NO3S. The largest absolute Gasteiger partial charge is 0.468 e. The van der Waals surface area contributed by atoms with Gasteiger partial charge in [-0.2, -0.15) is 13.2 Å². The summed E-state index contributed by atoms with van der Waals surface area (Å²) in [5.41, 5.74) is -1.31. The van der Waals surface area contributed by atoms with E-state index in [1.165, 1.54) is 24.5 Å². The van der Waals surface area contributed by atoms with Gasteiger partial charge in [-0.25, -0.2) is 0 Å². The van der Waals surface area contributed by atoms with Gasteiger partial charge in [-0.05, 0) is 25.1 Å². The molecule has 0 spiro atoms. The number of aryl methyl sites for hydroxylation is 1. The number of hydrogen-bond donors (Lipinski definition) is 1. The summed E-state index contributed by atoms with van der Waals surface area (Å²) in [6.07, 6.45) is -3.25. The maximum Gasteiger partial charge on any atom is 0.418 e. The predicted octanol–water partition coefficient (Wildman–Crippen LogP) is 3.35. The third-order valence-corrected chi connectivity index (χ3v) is 4.26. The third-order valence-electron chi connectivity index (χ3n) is 2.83. The van der Waals surface area contributed by atoms with Crippen molar-refractivity contribution < 1.29 is 26.6 Å². The Morgan fingerprint density at radius 2 is 1.95 bits per heavy atom. The Labute approximate surface area is 126 Å². The van der Waals surface area contributed by atoms with Gasteiger partial charge >= 0.3 is 6.18 Å². The molecule has 1 N–H and O–H groups in total. The molecule has 0 saturated carbocycles. The summed E-state index contributed by atoms with van der Waals surface area (Å²) < 4.78 is 55.4. The first-order valence-electron chi connectivity index (χ1n) is 6.17. The minimum atomic E-state index is -4.58. The van der Waals surface area contributed by atoms with Crippen LogP contribution in [0.15, 0.2) is 45.9 Å². The maximum atomic E-state index is 12.8. The van der Waals surface area contributed by atoms with Crippen molar-refractivity contribution in [3.05, 3.63) is 47.9 Å². The fourth-order valence-electron chi connectivity index (χ4n) is 1.83. The standard InChI is InChI=1S/C14H12F3NO3S/c1-9-12(6-7-21-9)22(20)8-13(19)18-11-5-3-2-4-10(11)14(15,16)17/h2-7H,8H2,1H3,(H,18,19). The van der Waals surface area contributed by atoms with Crippen LogP contribution in [0.25, 0.3) is 0 Å². The molecule has 22 heavy (non-hydrogen) atoms. The van der Waals surface area contributed by atoms with Gasteiger partial charge in [0.15, 0.2) is 0 Å². The highest BCUT2D eigenvalue weighted by atomic mass is 32.2. The zero-order valence-corrected chi connectivity index (χ0v) is 12.3. The molecule has 1 atom stereocenters. The number of carbonyl (C=O) groups is 1. The Bertz CT molecular complexity index is 709. The fraction of sp³-hybridized carbons (Fsp3) is 0.214. The van der Waals surface area contributed by atoms with Gasteiger partial charge in [0.2, 0.25) is 5.91 Å². The van der Waals surface area contributed by atoms with E-state index in [4.69, 9.17) is 4.42 Å². The zero-order valence-electron chi connectivity index (χ0n) is 11.4. The minimum absolute atomic E-state index is 0.347. The van der Waals surface area contributed by atoms with E-state index in [1.54, 1.807) is 6.92 Å². The molecule has 1 amide bonds. The van der Waals surface area contributed by atoms with E-state index < -0.39 is 34.2 Å². The van der Waals surface area contributed by atoms with E-state index in [2.05, 4.69) is 5.32 Å². The summed E-state index contributed by atoms with van der Waals surface area (Å²) in [5.74, 6) is -0.815. The van der Waals surface area contributed by atoms with E-state index in [-0.39, 0.29) is 5.69 Å². The lowest BCUT2D eigenvalue weighted by Gasteiger charge is -2.13. The smallest absolute Gasteiger partial charge is 0.418 e. The molecule has 0 aliphatic rings. The van der Waals surface area contributed by atoms with Crippen molar-refractivity contribution in [2.45, 2.75) is 18.0 Å². The van der Waals surface area contributed by atoms with Crippen LogP contribution in [0, 0.1) is 6.92 Å². The molecule has 0 radical (unpaired) electrons. The summed E-state index contributed by atoms with van der Waals surface area (Å²) in [4.78, 5) is 12.2. The summed E-state index contributed by atoms with van der Waals surface area (Å²) in [5, 5.41) is 2.15. The van der Waals surface area contributed by atoms with Gasteiger partial charge in [0.05, 0.1) is 33.2 Å². The summed E-state index contributed by atoms with van der Waals surface area (Å²) in [6, 6.07) is 6.08. The Balaban J connectivity index is 2.11. The first-order valence-corrected chi connectivity index (χ1v) is 7.49. The van der Waals surface area contributed by atoms with Crippen LogP contribution in [0.1, 0.15) is 11.3 Å². The summed E-state index contributed by atoms with van der Waals surface area (Å²) in [7, 11) is -1.68. The Hall–Kier alpha value is -2.09. The van der Waals surface area contributed by atoms with Crippen LogP contribution in [-0.4, -0.2) is 15.9 Å². The highest BCUT2D eigenvalue weighted by molar-refractivity contribution is 7.85. The van der Waals surface area contributed by atoms with E-state index >= 15 is 0 Å². The molecule has 1 aromatic heterocycles. The molecule has 118 valence electrons. The summed E-state index contributed by atoms with van der Waals surface area (Å²) >= 11 is 0. The Morgan fingerprint density at radius 3 is 2.55 bits per heavy atom. The fourth-order valence-corrected chi connectivity index (χ4v) is 2.87. The van der Waals surface area contributed by atoms with Gasteiger partial charge in [-0.15, -0.1) is 0 Å². The summed E-state index contributed by atoms with van der Waals surface area (Å²) in [6.45, 7) is 1.59. The third kappa shape index (κ3) is 3.76. The molecule has 0 aliphatic heterocycles.